The molecule has 0 radical (unpaired) electrons. The Bertz CT molecular complexity index is 1100. The van der Waals surface area contributed by atoms with E-state index >= 15 is 0 Å². The molecular weight excluding hydrogens is 448 g/mol. The van der Waals surface area contributed by atoms with Crippen molar-refractivity contribution < 1.29 is 14.4 Å². The second-order valence-corrected chi connectivity index (χ2v) is 9.42. The normalized spacial score (nSPS) is 19.3. The number of hydrazine groups is 1. The van der Waals surface area contributed by atoms with Gasteiger partial charge in [-0.1, -0.05) is 32.0 Å². The first-order chi connectivity index (χ1) is 16.7. The summed E-state index contributed by atoms with van der Waals surface area (Å²) in [4.78, 5) is 46.2. The second-order valence-electron chi connectivity index (χ2n) is 9.42. The third kappa shape index (κ3) is 5.98. The third-order valence-electron chi connectivity index (χ3n) is 6.54. The second kappa shape index (κ2) is 11.3. The number of carbonyl (C=O) groups is 3. The number of carbonyl (C=O) groups excluding carboxylic acids is 3. The molecule has 0 saturated carbocycles. The number of amides is 3. The number of aliphatic imine (C=N–C) groups is 1. The minimum atomic E-state index is -1.27. The molecule has 0 bridgehead atoms. The van der Waals surface area contributed by atoms with E-state index in [-0.39, 0.29) is 12.3 Å². The number of nitrogens with one attached hydrogen (secondary N) is 4. The summed E-state index contributed by atoms with van der Waals surface area (Å²) < 4.78 is 0. The number of rotatable bonds is 11. The van der Waals surface area contributed by atoms with Crippen molar-refractivity contribution in [2.45, 2.75) is 63.6 Å². The molecule has 1 aliphatic carbocycles. The number of para-hydroxylation sites is 1. The van der Waals surface area contributed by atoms with Crippen LogP contribution in [0.15, 0.2) is 29.3 Å². The van der Waals surface area contributed by atoms with E-state index in [2.05, 4.69) is 26.0 Å². The maximum Gasteiger partial charge on any atom is 0.246 e. The van der Waals surface area contributed by atoms with Crippen molar-refractivity contribution in [3.8, 4) is 0 Å². The van der Waals surface area contributed by atoms with Crippen molar-refractivity contribution in [2.24, 2.45) is 28.2 Å². The first-order valence-electron chi connectivity index (χ1n) is 11.9. The molecule has 35 heavy (non-hydrogen) atoms. The van der Waals surface area contributed by atoms with Crippen LogP contribution in [0.3, 0.4) is 0 Å². The smallest absolute Gasteiger partial charge is 0.246 e. The molecule has 10 N–H and O–H groups in total. The maximum atomic E-state index is 13.7. The van der Waals surface area contributed by atoms with Crippen LogP contribution in [0.1, 0.15) is 44.4 Å². The number of H-pyrrole nitrogens is 1. The Labute approximate surface area is 204 Å². The number of aromatic nitrogens is 1. The number of fused-ring (bicyclic) bond motifs is 3. The summed E-state index contributed by atoms with van der Waals surface area (Å²) in [5.41, 5.74) is 15.7. The van der Waals surface area contributed by atoms with Gasteiger partial charge >= 0.3 is 0 Å². The van der Waals surface area contributed by atoms with Crippen molar-refractivity contribution in [1.82, 2.24) is 21.0 Å². The largest absolute Gasteiger partial charge is 0.368 e. The molecule has 190 valence electrons. The number of benzene rings is 1. The minimum Gasteiger partial charge on any atom is -0.368 e. The predicted octanol–water partition coefficient (Wildman–Crippen LogP) is -0.263. The molecule has 3 amide bonds. The summed E-state index contributed by atoms with van der Waals surface area (Å²) in [5.74, 6) is 3.45. The fraction of sp³-hybridized carbons (Fsp3) is 0.500. The van der Waals surface area contributed by atoms with Crippen molar-refractivity contribution >= 4 is 35.0 Å². The Morgan fingerprint density at radius 1 is 1.26 bits per heavy atom. The zero-order valence-electron chi connectivity index (χ0n) is 20.3. The van der Waals surface area contributed by atoms with E-state index in [1.54, 1.807) is 13.8 Å². The first-order valence-corrected chi connectivity index (χ1v) is 11.9. The minimum absolute atomic E-state index is 0.206. The van der Waals surface area contributed by atoms with Gasteiger partial charge in [0.25, 0.3) is 0 Å². The summed E-state index contributed by atoms with van der Waals surface area (Å²) in [6.07, 6.45) is 3.52. The van der Waals surface area contributed by atoms with Gasteiger partial charge in [0.2, 0.25) is 17.7 Å². The van der Waals surface area contributed by atoms with E-state index in [1.807, 2.05) is 24.3 Å². The molecule has 1 heterocycles. The highest BCUT2D eigenvalue weighted by molar-refractivity contribution is 5.97. The van der Waals surface area contributed by atoms with Crippen LogP contribution in [-0.4, -0.2) is 53.2 Å². The standard InChI is InChI=1S/C24H36N8O3/c1-14(2)20(21(26)33)31-23(35)24(32-22(34)17(25)7-5-11-28-13-29-27)10-9-19-16(12-24)15-6-3-4-8-18(15)30-19/h3-4,6,8,13-14,17,20,30H,5,7,9-12,25,27H2,1-2H3,(H2,26,33)(H,28,29)(H,31,35)(H,32,34)/t17-,20-,24+/m0/s1. The number of aryl methyl sites for hydroxylation is 1. The summed E-state index contributed by atoms with van der Waals surface area (Å²) in [7, 11) is 0. The molecule has 1 aromatic heterocycles. The molecule has 3 rings (SSSR count). The number of aromatic amines is 1. The molecule has 1 aromatic carbocycles. The lowest BCUT2D eigenvalue weighted by molar-refractivity contribution is -0.137. The maximum absolute atomic E-state index is 13.7. The number of hydrogen-bond donors (Lipinski definition) is 7. The SMILES string of the molecule is CC(C)[C@H](NC(=O)[C@@]1(NC(=O)[C@@H](N)CCCN=CNN)CCc2[nH]c3ccccc3c2C1)C(N)=O. The lowest BCUT2D eigenvalue weighted by Crippen LogP contribution is -2.66. The van der Waals surface area contributed by atoms with Crippen LogP contribution >= 0.6 is 0 Å². The summed E-state index contributed by atoms with van der Waals surface area (Å²) in [6.45, 7) is 4.07. The summed E-state index contributed by atoms with van der Waals surface area (Å²) in [5, 5.41) is 6.74. The van der Waals surface area contributed by atoms with Crippen LogP contribution < -0.4 is 33.4 Å². The lowest BCUT2D eigenvalue weighted by atomic mass is 9.78. The van der Waals surface area contributed by atoms with Gasteiger partial charge in [-0.15, -0.1) is 0 Å². The van der Waals surface area contributed by atoms with Crippen molar-refractivity contribution in [3.05, 3.63) is 35.5 Å². The molecular formula is C24H36N8O3. The van der Waals surface area contributed by atoms with Crippen molar-refractivity contribution in [3.63, 3.8) is 0 Å². The van der Waals surface area contributed by atoms with Crippen LogP contribution in [0, 0.1) is 5.92 Å². The Kier molecular flexibility index (Phi) is 8.47. The van der Waals surface area contributed by atoms with E-state index in [0.29, 0.717) is 32.2 Å². The Balaban J connectivity index is 1.86. The van der Waals surface area contributed by atoms with E-state index < -0.39 is 35.3 Å². The van der Waals surface area contributed by atoms with Gasteiger partial charge in [-0.25, -0.2) is 5.84 Å². The molecule has 1 aliphatic rings. The molecule has 0 saturated heterocycles. The highest BCUT2D eigenvalue weighted by Crippen LogP contribution is 2.34. The highest BCUT2D eigenvalue weighted by atomic mass is 16.2. The molecule has 0 unspecified atom stereocenters. The van der Waals surface area contributed by atoms with Crippen LogP contribution in [-0.2, 0) is 27.2 Å². The van der Waals surface area contributed by atoms with Gasteiger partial charge in [-0.2, -0.15) is 0 Å². The van der Waals surface area contributed by atoms with Crippen molar-refractivity contribution in [2.75, 3.05) is 6.54 Å². The number of primary amides is 1. The quantitative estimate of drug-likeness (QED) is 0.0754. The Hall–Kier alpha value is -3.44. The first kappa shape index (κ1) is 26.2. The van der Waals surface area contributed by atoms with E-state index in [1.165, 1.54) is 6.34 Å². The monoisotopic (exact) mass is 484 g/mol. The van der Waals surface area contributed by atoms with Gasteiger partial charge in [0.15, 0.2) is 0 Å². The molecule has 0 spiro atoms. The van der Waals surface area contributed by atoms with E-state index in [4.69, 9.17) is 17.3 Å². The highest BCUT2D eigenvalue weighted by Gasteiger charge is 2.45. The molecule has 11 nitrogen and oxygen atoms in total. The average Bonchev–Trinajstić information content (AvgIpc) is 3.19. The average molecular weight is 485 g/mol. The van der Waals surface area contributed by atoms with Gasteiger partial charge in [0, 0.05) is 29.6 Å². The van der Waals surface area contributed by atoms with Crippen LogP contribution in [0.2, 0.25) is 0 Å². The van der Waals surface area contributed by atoms with E-state index in [9.17, 15) is 14.4 Å². The van der Waals surface area contributed by atoms with E-state index in [0.717, 1.165) is 22.2 Å². The van der Waals surface area contributed by atoms with Crippen LogP contribution in [0.25, 0.3) is 10.9 Å². The molecule has 0 fully saturated rings. The Morgan fingerprint density at radius 3 is 2.69 bits per heavy atom. The zero-order chi connectivity index (χ0) is 25.6. The van der Waals surface area contributed by atoms with Gasteiger partial charge < -0.3 is 32.5 Å². The molecule has 2 aromatic rings. The summed E-state index contributed by atoms with van der Waals surface area (Å²) in [6, 6.07) is 6.17. The topological polar surface area (TPSA) is 194 Å². The molecule has 3 atom stereocenters. The molecule has 11 heteroatoms. The fourth-order valence-corrected chi connectivity index (χ4v) is 4.58. The van der Waals surface area contributed by atoms with Crippen molar-refractivity contribution in [1.29, 1.82) is 0 Å². The summed E-state index contributed by atoms with van der Waals surface area (Å²) >= 11 is 0. The van der Waals surface area contributed by atoms with Gasteiger partial charge in [-0.3, -0.25) is 19.4 Å². The van der Waals surface area contributed by atoms with Crippen LogP contribution in [0.5, 0.6) is 0 Å². The van der Waals surface area contributed by atoms with Gasteiger partial charge in [0.1, 0.15) is 11.6 Å². The Morgan fingerprint density at radius 2 is 2.00 bits per heavy atom. The number of nitrogens with two attached hydrogens (primary N) is 3. The van der Waals surface area contributed by atoms with Gasteiger partial charge in [0.05, 0.1) is 12.4 Å². The fourth-order valence-electron chi connectivity index (χ4n) is 4.58. The predicted molar refractivity (Wildman–Crippen MR) is 135 cm³/mol. The van der Waals surface area contributed by atoms with Gasteiger partial charge in [-0.05, 0) is 43.2 Å². The third-order valence-corrected chi connectivity index (χ3v) is 6.54. The van der Waals surface area contributed by atoms with Crippen LogP contribution in [0.4, 0.5) is 0 Å². The lowest BCUT2D eigenvalue weighted by Gasteiger charge is -2.38. The number of hydrogen-bond acceptors (Lipinski definition) is 6. The number of nitrogens with zero attached hydrogens (tertiary/aromatic N) is 1. The zero-order valence-corrected chi connectivity index (χ0v) is 20.3. The molecule has 0 aliphatic heterocycles.